The van der Waals surface area contributed by atoms with Crippen LogP contribution < -0.4 is 10.1 Å². The molecule has 0 aliphatic carbocycles. The molecule has 0 aliphatic heterocycles. The highest BCUT2D eigenvalue weighted by Crippen LogP contribution is 2.30. The third-order valence-corrected chi connectivity index (χ3v) is 3.03. The van der Waals surface area contributed by atoms with Crippen LogP contribution in [0, 0.1) is 5.82 Å². The maximum absolute atomic E-state index is 13.8. The predicted molar refractivity (Wildman–Crippen MR) is 77.7 cm³/mol. The fourth-order valence-corrected chi connectivity index (χ4v) is 1.89. The van der Waals surface area contributed by atoms with Gasteiger partial charge in [0.05, 0.1) is 5.02 Å². The Kier molecular flexibility index (Phi) is 5.32. The van der Waals surface area contributed by atoms with Gasteiger partial charge in [-0.15, -0.1) is 0 Å². The topological polar surface area (TPSA) is 34.2 Å². The number of pyridine rings is 1. The molecule has 0 amide bonds. The van der Waals surface area contributed by atoms with Gasteiger partial charge in [-0.05, 0) is 31.2 Å². The van der Waals surface area contributed by atoms with E-state index in [9.17, 15) is 4.39 Å². The van der Waals surface area contributed by atoms with Crippen molar-refractivity contribution in [1.82, 2.24) is 10.3 Å². The molecular weight excluding hydrogens is 279 g/mol. The SMILES string of the molecule is CCCNCc1cnccc1Oc1cccc(Cl)c1F. The van der Waals surface area contributed by atoms with Crippen molar-refractivity contribution in [2.75, 3.05) is 6.54 Å². The molecule has 0 atom stereocenters. The first kappa shape index (κ1) is 14.8. The molecule has 0 saturated carbocycles. The van der Waals surface area contributed by atoms with Crippen molar-refractivity contribution < 1.29 is 9.13 Å². The lowest BCUT2D eigenvalue weighted by Crippen LogP contribution is -2.14. The van der Waals surface area contributed by atoms with Gasteiger partial charge in [-0.2, -0.15) is 0 Å². The molecule has 0 unspecified atom stereocenters. The molecule has 0 saturated heterocycles. The minimum Gasteiger partial charge on any atom is -0.454 e. The minimum absolute atomic E-state index is 0.0437. The summed E-state index contributed by atoms with van der Waals surface area (Å²) in [4.78, 5) is 4.07. The molecule has 0 bridgehead atoms. The van der Waals surface area contributed by atoms with Gasteiger partial charge in [-0.25, -0.2) is 4.39 Å². The normalized spacial score (nSPS) is 10.6. The van der Waals surface area contributed by atoms with Crippen molar-refractivity contribution in [2.24, 2.45) is 0 Å². The van der Waals surface area contributed by atoms with E-state index in [0.29, 0.717) is 12.3 Å². The number of benzene rings is 1. The van der Waals surface area contributed by atoms with Crippen LogP contribution in [0.5, 0.6) is 11.5 Å². The molecule has 1 N–H and O–H groups in total. The van der Waals surface area contributed by atoms with E-state index in [1.54, 1.807) is 30.6 Å². The summed E-state index contributed by atoms with van der Waals surface area (Å²) in [6.07, 6.45) is 4.36. The van der Waals surface area contributed by atoms with Gasteiger partial charge in [-0.3, -0.25) is 4.98 Å². The van der Waals surface area contributed by atoms with Crippen molar-refractivity contribution in [2.45, 2.75) is 19.9 Å². The molecular formula is C15H16ClFN2O. The lowest BCUT2D eigenvalue weighted by atomic mass is 10.2. The van der Waals surface area contributed by atoms with Crippen LogP contribution in [0.3, 0.4) is 0 Å². The third-order valence-electron chi connectivity index (χ3n) is 2.74. The second kappa shape index (κ2) is 7.22. The first-order chi connectivity index (χ1) is 9.72. The van der Waals surface area contributed by atoms with Gasteiger partial charge in [0.2, 0.25) is 0 Å². The molecule has 1 aromatic carbocycles. The number of hydrogen-bond acceptors (Lipinski definition) is 3. The first-order valence-electron chi connectivity index (χ1n) is 6.48. The molecule has 0 fully saturated rings. The summed E-state index contributed by atoms with van der Waals surface area (Å²) in [5.41, 5.74) is 0.875. The molecule has 3 nitrogen and oxygen atoms in total. The van der Waals surface area contributed by atoms with Gasteiger partial charge in [0.25, 0.3) is 0 Å². The molecule has 0 aliphatic rings. The molecule has 106 valence electrons. The van der Waals surface area contributed by atoms with Crippen LogP contribution in [-0.4, -0.2) is 11.5 Å². The minimum atomic E-state index is -0.557. The highest BCUT2D eigenvalue weighted by atomic mass is 35.5. The van der Waals surface area contributed by atoms with Crippen LogP contribution in [-0.2, 0) is 6.54 Å². The number of aromatic nitrogens is 1. The number of rotatable bonds is 6. The number of hydrogen-bond donors (Lipinski definition) is 1. The van der Waals surface area contributed by atoms with Crippen LogP contribution in [0.4, 0.5) is 4.39 Å². The predicted octanol–water partition coefficient (Wildman–Crippen LogP) is 4.17. The average molecular weight is 295 g/mol. The van der Waals surface area contributed by atoms with Crippen molar-refractivity contribution in [3.8, 4) is 11.5 Å². The van der Waals surface area contributed by atoms with Crippen molar-refractivity contribution in [3.05, 3.63) is 53.1 Å². The van der Waals surface area contributed by atoms with Crippen LogP contribution in [0.25, 0.3) is 0 Å². The molecule has 0 radical (unpaired) electrons. The fourth-order valence-electron chi connectivity index (χ4n) is 1.73. The largest absolute Gasteiger partial charge is 0.454 e. The smallest absolute Gasteiger partial charge is 0.184 e. The van der Waals surface area contributed by atoms with Crippen LogP contribution in [0.15, 0.2) is 36.7 Å². The summed E-state index contributed by atoms with van der Waals surface area (Å²) in [5.74, 6) is 0.128. The number of nitrogens with zero attached hydrogens (tertiary/aromatic N) is 1. The zero-order valence-corrected chi connectivity index (χ0v) is 12.0. The van der Waals surface area contributed by atoms with Crippen molar-refractivity contribution >= 4 is 11.6 Å². The van der Waals surface area contributed by atoms with Crippen LogP contribution in [0.1, 0.15) is 18.9 Å². The summed E-state index contributed by atoms with van der Waals surface area (Å²) in [6.45, 7) is 3.62. The van der Waals surface area contributed by atoms with Gasteiger partial charge in [0, 0.05) is 24.5 Å². The molecule has 2 rings (SSSR count). The van der Waals surface area contributed by atoms with Gasteiger partial charge >= 0.3 is 0 Å². The lowest BCUT2D eigenvalue weighted by molar-refractivity contribution is 0.435. The summed E-state index contributed by atoms with van der Waals surface area (Å²) in [5, 5.41) is 3.31. The van der Waals surface area contributed by atoms with Crippen LogP contribution in [0.2, 0.25) is 5.02 Å². The highest BCUT2D eigenvalue weighted by molar-refractivity contribution is 6.30. The standard InChI is InChI=1S/C15H16ClFN2O/c1-2-7-18-9-11-10-19-8-6-13(11)20-14-5-3-4-12(16)15(14)17/h3-6,8,10,18H,2,7,9H2,1H3. The van der Waals surface area contributed by atoms with Gasteiger partial charge in [-0.1, -0.05) is 24.6 Å². The summed E-state index contributed by atoms with van der Waals surface area (Å²) < 4.78 is 19.4. The van der Waals surface area contributed by atoms with Crippen molar-refractivity contribution in [1.29, 1.82) is 0 Å². The third kappa shape index (κ3) is 3.68. The number of ether oxygens (including phenoxy) is 1. The van der Waals surface area contributed by atoms with Crippen molar-refractivity contribution in [3.63, 3.8) is 0 Å². The Balaban J connectivity index is 2.18. The second-order valence-corrected chi connectivity index (χ2v) is 4.72. The quantitative estimate of drug-likeness (QED) is 0.812. The van der Waals surface area contributed by atoms with E-state index >= 15 is 0 Å². The van der Waals surface area contributed by atoms with E-state index in [4.69, 9.17) is 16.3 Å². The van der Waals surface area contributed by atoms with Gasteiger partial charge in [0.15, 0.2) is 11.6 Å². The van der Waals surface area contributed by atoms with E-state index in [0.717, 1.165) is 18.5 Å². The van der Waals surface area contributed by atoms with E-state index in [1.807, 2.05) is 0 Å². The maximum Gasteiger partial charge on any atom is 0.184 e. The Morgan fingerprint density at radius 3 is 2.95 bits per heavy atom. The molecule has 1 aromatic heterocycles. The number of nitrogens with one attached hydrogen (secondary N) is 1. The Hall–Kier alpha value is -1.65. The molecule has 20 heavy (non-hydrogen) atoms. The summed E-state index contributed by atoms with van der Waals surface area (Å²) in [7, 11) is 0. The Morgan fingerprint density at radius 2 is 2.15 bits per heavy atom. The second-order valence-electron chi connectivity index (χ2n) is 4.31. The molecule has 1 heterocycles. The van der Waals surface area contributed by atoms with Gasteiger partial charge < -0.3 is 10.1 Å². The molecule has 5 heteroatoms. The summed E-state index contributed by atoms with van der Waals surface area (Å²) >= 11 is 5.74. The lowest BCUT2D eigenvalue weighted by Gasteiger charge is -2.12. The van der Waals surface area contributed by atoms with E-state index in [2.05, 4.69) is 17.2 Å². The number of halogens is 2. The van der Waals surface area contributed by atoms with Crippen LogP contribution >= 0.6 is 11.6 Å². The monoisotopic (exact) mass is 294 g/mol. The Labute approximate surface area is 122 Å². The maximum atomic E-state index is 13.8. The fraction of sp³-hybridized carbons (Fsp3) is 0.267. The van der Waals surface area contributed by atoms with Gasteiger partial charge in [0.1, 0.15) is 5.75 Å². The first-order valence-corrected chi connectivity index (χ1v) is 6.85. The van der Waals surface area contributed by atoms with E-state index < -0.39 is 5.82 Å². The zero-order chi connectivity index (χ0) is 14.4. The molecule has 2 aromatic rings. The Morgan fingerprint density at radius 1 is 1.30 bits per heavy atom. The highest BCUT2D eigenvalue weighted by Gasteiger charge is 2.10. The van der Waals surface area contributed by atoms with E-state index in [1.165, 1.54) is 6.07 Å². The summed E-state index contributed by atoms with van der Waals surface area (Å²) in [6, 6.07) is 6.39. The average Bonchev–Trinajstić information content (AvgIpc) is 2.46. The molecule has 0 spiro atoms. The van der Waals surface area contributed by atoms with E-state index in [-0.39, 0.29) is 10.8 Å². The Bertz CT molecular complexity index is 578. The zero-order valence-electron chi connectivity index (χ0n) is 11.2.